The minimum atomic E-state index is -0.365. The van der Waals surface area contributed by atoms with Crippen LogP contribution in [0.15, 0.2) is 46.0 Å². The average molecular weight is 420 g/mol. The van der Waals surface area contributed by atoms with Crippen LogP contribution in [0.2, 0.25) is 0 Å². The highest BCUT2D eigenvalue weighted by Crippen LogP contribution is 2.29. The SMILES string of the molecule is CC(=O)NCCCl.CCOC(=O)c1ccoc1-c1cccc(N2CCN=C2C)c1. The van der Waals surface area contributed by atoms with Crippen molar-refractivity contribution in [2.45, 2.75) is 20.8 Å². The van der Waals surface area contributed by atoms with Crippen LogP contribution in [0.25, 0.3) is 11.3 Å². The minimum Gasteiger partial charge on any atom is -0.463 e. The molecule has 1 aromatic carbocycles. The topological polar surface area (TPSA) is 84.1 Å². The van der Waals surface area contributed by atoms with Crippen molar-refractivity contribution in [1.82, 2.24) is 5.32 Å². The maximum Gasteiger partial charge on any atom is 0.342 e. The highest BCUT2D eigenvalue weighted by molar-refractivity contribution is 6.18. The number of amides is 1. The van der Waals surface area contributed by atoms with E-state index in [1.807, 2.05) is 31.2 Å². The van der Waals surface area contributed by atoms with Crippen LogP contribution in [0.5, 0.6) is 0 Å². The summed E-state index contributed by atoms with van der Waals surface area (Å²) in [5.74, 6) is 1.63. The van der Waals surface area contributed by atoms with E-state index in [1.165, 1.54) is 13.2 Å². The smallest absolute Gasteiger partial charge is 0.342 e. The molecule has 2 aromatic rings. The molecule has 0 radical (unpaired) electrons. The van der Waals surface area contributed by atoms with Gasteiger partial charge < -0.3 is 19.4 Å². The Kier molecular flexibility index (Phi) is 8.73. The Morgan fingerprint density at radius 1 is 1.34 bits per heavy atom. The summed E-state index contributed by atoms with van der Waals surface area (Å²) < 4.78 is 10.6. The number of hydrogen-bond donors (Lipinski definition) is 1. The predicted molar refractivity (Wildman–Crippen MR) is 115 cm³/mol. The number of nitrogens with zero attached hydrogens (tertiary/aromatic N) is 2. The molecule has 0 spiro atoms. The van der Waals surface area contributed by atoms with Crippen LogP contribution >= 0.6 is 11.6 Å². The van der Waals surface area contributed by atoms with Gasteiger partial charge in [-0.25, -0.2) is 4.79 Å². The van der Waals surface area contributed by atoms with Gasteiger partial charge in [0.2, 0.25) is 5.91 Å². The van der Waals surface area contributed by atoms with E-state index in [9.17, 15) is 9.59 Å². The van der Waals surface area contributed by atoms with Crippen molar-refractivity contribution < 1.29 is 18.7 Å². The molecule has 0 saturated heterocycles. The number of esters is 1. The monoisotopic (exact) mass is 419 g/mol. The molecule has 8 heteroatoms. The normalized spacial score (nSPS) is 12.7. The second-order valence-electron chi connectivity index (χ2n) is 6.19. The zero-order valence-electron chi connectivity index (χ0n) is 16.9. The van der Waals surface area contributed by atoms with Crippen LogP contribution < -0.4 is 10.2 Å². The van der Waals surface area contributed by atoms with Crippen LogP contribution in [0, 0.1) is 0 Å². The second-order valence-corrected chi connectivity index (χ2v) is 6.56. The standard InChI is InChI=1S/C17H18N2O3.C4H8ClNO/c1-3-21-17(20)15-7-10-22-16(15)13-5-4-6-14(11-13)19-9-8-18-12(19)2;1-4(7)6-3-2-5/h4-7,10-11H,3,8-9H2,1-2H3;2-3H2,1H3,(H,6,7). The molecule has 0 fully saturated rings. The lowest BCUT2D eigenvalue weighted by molar-refractivity contribution is -0.118. The molecule has 1 aliphatic rings. The maximum atomic E-state index is 12.0. The summed E-state index contributed by atoms with van der Waals surface area (Å²) in [6.45, 7) is 7.84. The van der Waals surface area contributed by atoms with E-state index < -0.39 is 0 Å². The van der Waals surface area contributed by atoms with Crippen molar-refractivity contribution in [2.24, 2.45) is 4.99 Å². The van der Waals surface area contributed by atoms with Crippen LogP contribution in [-0.2, 0) is 9.53 Å². The van der Waals surface area contributed by atoms with Crippen molar-refractivity contribution in [3.63, 3.8) is 0 Å². The molecule has 1 N–H and O–H groups in total. The largest absolute Gasteiger partial charge is 0.463 e. The summed E-state index contributed by atoms with van der Waals surface area (Å²) in [6, 6.07) is 9.55. The first kappa shape index (κ1) is 22.5. The number of halogens is 1. The average Bonchev–Trinajstić information content (AvgIpc) is 3.36. The molecule has 0 atom stereocenters. The molecule has 1 aromatic heterocycles. The molecule has 0 aliphatic carbocycles. The quantitative estimate of drug-likeness (QED) is 0.569. The van der Waals surface area contributed by atoms with Gasteiger partial charge in [-0.1, -0.05) is 12.1 Å². The number of furan rings is 1. The zero-order chi connectivity index (χ0) is 21.2. The summed E-state index contributed by atoms with van der Waals surface area (Å²) >= 11 is 5.23. The van der Waals surface area contributed by atoms with Gasteiger partial charge in [-0.15, -0.1) is 11.6 Å². The first-order valence-electron chi connectivity index (χ1n) is 9.42. The number of aliphatic imine (C=N–C) groups is 1. The fourth-order valence-corrected chi connectivity index (χ4v) is 2.91. The van der Waals surface area contributed by atoms with Gasteiger partial charge in [0.15, 0.2) is 0 Å². The van der Waals surface area contributed by atoms with E-state index in [-0.39, 0.29) is 11.9 Å². The lowest BCUT2D eigenvalue weighted by atomic mass is 10.1. The summed E-state index contributed by atoms with van der Waals surface area (Å²) in [7, 11) is 0. The van der Waals surface area contributed by atoms with Crippen LogP contribution in [0.1, 0.15) is 31.1 Å². The molecular weight excluding hydrogens is 394 g/mol. The van der Waals surface area contributed by atoms with Gasteiger partial charge in [0.25, 0.3) is 0 Å². The Morgan fingerprint density at radius 3 is 2.72 bits per heavy atom. The van der Waals surface area contributed by atoms with Crippen LogP contribution in [0.3, 0.4) is 0 Å². The number of nitrogens with one attached hydrogen (secondary N) is 1. The van der Waals surface area contributed by atoms with Gasteiger partial charge in [-0.2, -0.15) is 0 Å². The van der Waals surface area contributed by atoms with Gasteiger partial charge in [-0.3, -0.25) is 9.79 Å². The van der Waals surface area contributed by atoms with Crippen molar-refractivity contribution in [3.8, 4) is 11.3 Å². The molecule has 156 valence electrons. The number of anilines is 1. The fourth-order valence-electron chi connectivity index (χ4n) is 2.82. The predicted octanol–water partition coefficient (Wildman–Crippen LogP) is 3.72. The molecule has 0 unspecified atom stereocenters. The molecule has 0 saturated carbocycles. The first-order chi connectivity index (χ1) is 14.0. The van der Waals surface area contributed by atoms with E-state index in [0.29, 0.717) is 30.4 Å². The fraction of sp³-hybridized carbons (Fsp3) is 0.381. The molecule has 2 heterocycles. The second kappa shape index (κ2) is 11.3. The highest BCUT2D eigenvalue weighted by atomic mass is 35.5. The van der Waals surface area contributed by atoms with E-state index >= 15 is 0 Å². The Morgan fingerprint density at radius 2 is 2.14 bits per heavy atom. The molecule has 29 heavy (non-hydrogen) atoms. The zero-order valence-corrected chi connectivity index (χ0v) is 17.7. The minimum absolute atomic E-state index is 0.0272. The third kappa shape index (κ3) is 6.35. The van der Waals surface area contributed by atoms with E-state index in [4.69, 9.17) is 20.8 Å². The molecule has 0 bridgehead atoms. The highest BCUT2D eigenvalue weighted by Gasteiger charge is 2.19. The number of hydrogen-bond acceptors (Lipinski definition) is 6. The summed E-state index contributed by atoms with van der Waals surface area (Å²) in [4.78, 5) is 28.6. The number of benzene rings is 1. The summed E-state index contributed by atoms with van der Waals surface area (Å²) in [6.07, 6.45) is 1.51. The molecule has 3 rings (SSSR count). The van der Waals surface area contributed by atoms with E-state index in [0.717, 1.165) is 30.2 Å². The Balaban J connectivity index is 0.000000370. The third-order valence-electron chi connectivity index (χ3n) is 4.10. The van der Waals surface area contributed by atoms with Crippen molar-refractivity contribution >= 4 is 35.0 Å². The van der Waals surface area contributed by atoms with Crippen LogP contribution in [0.4, 0.5) is 5.69 Å². The van der Waals surface area contributed by atoms with Crippen molar-refractivity contribution in [1.29, 1.82) is 0 Å². The van der Waals surface area contributed by atoms with Crippen molar-refractivity contribution in [3.05, 3.63) is 42.2 Å². The lowest BCUT2D eigenvalue weighted by Gasteiger charge is -2.18. The van der Waals surface area contributed by atoms with Crippen LogP contribution in [-0.4, -0.2) is 49.8 Å². The molecular formula is C21H26ClN3O4. The number of alkyl halides is 1. The van der Waals surface area contributed by atoms with Gasteiger partial charge in [0.05, 0.1) is 19.4 Å². The Labute approximate surface area is 175 Å². The number of amidine groups is 1. The first-order valence-corrected chi connectivity index (χ1v) is 9.95. The number of rotatable bonds is 6. The lowest BCUT2D eigenvalue weighted by Crippen LogP contribution is -2.24. The van der Waals surface area contributed by atoms with E-state index in [1.54, 1.807) is 13.0 Å². The maximum absolute atomic E-state index is 12.0. The molecule has 7 nitrogen and oxygen atoms in total. The van der Waals surface area contributed by atoms with Gasteiger partial charge >= 0.3 is 5.97 Å². The Hall–Kier alpha value is -2.80. The van der Waals surface area contributed by atoms with Gasteiger partial charge in [-0.05, 0) is 32.0 Å². The van der Waals surface area contributed by atoms with E-state index in [2.05, 4.69) is 15.2 Å². The van der Waals surface area contributed by atoms with Crippen molar-refractivity contribution in [2.75, 3.05) is 37.0 Å². The van der Waals surface area contributed by atoms with Gasteiger partial charge in [0, 0.05) is 37.1 Å². The number of carbonyl (C=O) groups is 2. The Bertz CT molecular complexity index is 863. The summed E-state index contributed by atoms with van der Waals surface area (Å²) in [5.41, 5.74) is 2.35. The summed E-state index contributed by atoms with van der Waals surface area (Å²) in [5, 5.41) is 2.52. The number of carbonyl (C=O) groups excluding carboxylic acids is 2. The number of ether oxygens (including phenoxy) is 1. The van der Waals surface area contributed by atoms with Gasteiger partial charge in [0.1, 0.15) is 17.2 Å². The third-order valence-corrected chi connectivity index (χ3v) is 4.29. The molecule has 1 aliphatic heterocycles. The molecule has 1 amide bonds.